The second-order valence-corrected chi connectivity index (χ2v) is 12.5. The average molecular weight is 605 g/mol. The lowest BCUT2D eigenvalue weighted by atomic mass is 10.1. The van der Waals surface area contributed by atoms with Gasteiger partial charge in [-0.15, -0.1) is 0 Å². The number of amides is 2. The van der Waals surface area contributed by atoms with E-state index in [4.69, 9.17) is 23.2 Å². The number of nitrogens with zero attached hydrogens (tertiary/aromatic N) is 2. The van der Waals surface area contributed by atoms with Crippen LogP contribution in [0.25, 0.3) is 0 Å². The Bertz CT molecular complexity index is 1470. The Morgan fingerprint density at radius 3 is 2.17 bits per heavy atom. The van der Waals surface area contributed by atoms with Crippen molar-refractivity contribution in [2.45, 2.75) is 64.6 Å². The van der Waals surface area contributed by atoms with Crippen LogP contribution in [0.4, 0.5) is 5.69 Å². The molecular formula is C30H35Cl2N3O4S. The topological polar surface area (TPSA) is 86.8 Å². The summed E-state index contributed by atoms with van der Waals surface area (Å²) in [7, 11) is -4.12. The smallest absolute Gasteiger partial charge is 0.264 e. The molecular weight excluding hydrogens is 569 g/mol. The maximum atomic E-state index is 14.0. The van der Waals surface area contributed by atoms with E-state index in [-0.39, 0.29) is 23.4 Å². The van der Waals surface area contributed by atoms with E-state index in [0.29, 0.717) is 21.3 Å². The van der Waals surface area contributed by atoms with Gasteiger partial charge in [-0.3, -0.25) is 13.9 Å². The third kappa shape index (κ3) is 7.56. The molecule has 0 heterocycles. The molecule has 7 nitrogen and oxygen atoms in total. The fraction of sp³-hybridized carbons (Fsp3) is 0.333. The molecule has 0 spiro atoms. The quantitative estimate of drug-likeness (QED) is 0.285. The fourth-order valence-electron chi connectivity index (χ4n) is 4.01. The third-order valence-electron chi connectivity index (χ3n) is 6.89. The Labute approximate surface area is 247 Å². The molecule has 0 aromatic heterocycles. The summed E-state index contributed by atoms with van der Waals surface area (Å²) in [6.07, 6.45) is 0.717. The number of nitrogens with one attached hydrogen (secondary N) is 1. The second-order valence-electron chi connectivity index (χ2n) is 9.86. The molecule has 10 heteroatoms. The van der Waals surface area contributed by atoms with Crippen LogP contribution in [-0.2, 0) is 26.2 Å². The first-order valence-corrected chi connectivity index (χ1v) is 15.2. The zero-order valence-electron chi connectivity index (χ0n) is 23.3. The lowest BCUT2D eigenvalue weighted by molar-refractivity contribution is -0.139. The van der Waals surface area contributed by atoms with Gasteiger partial charge in [-0.25, -0.2) is 8.42 Å². The summed E-state index contributed by atoms with van der Waals surface area (Å²) in [4.78, 5) is 28.6. The Morgan fingerprint density at radius 2 is 1.57 bits per heavy atom. The van der Waals surface area contributed by atoms with Crippen LogP contribution < -0.4 is 9.62 Å². The monoisotopic (exact) mass is 603 g/mol. The van der Waals surface area contributed by atoms with E-state index in [0.717, 1.165) is 21.9 Å². The minimum atomic E-state index is -4.12. The Balaban J connectivity index is 2.05. The molecule has 0 aliphatic carbocycles. The number of halogens is 2. The summed E-state index contributed by atoms with van der Waals surface area (Å²) >= 11 is 12.3. The summed E-state index contributed by atoms with van der Waals surface area (Å²) in [5, 5.41) is 3.59. The number of aryl methyl sites for hydroxylation is 2. The van der Waals surface area contributed by atoms with Gasteiger partial charge in [0.05, 0.1) is 20.6 Å². The molecule has 0 radical (unpaired) electrons. The predicted molar refractivity (Wildman–Crippen MR) is 161 cm³/mol. The number of hydrogen-bond acceptors (Lipinski definition) is 4. The molecule has 0 aliphatic rings. The molecule has 3 aromatic rings. The van der Waals surface area contributed by atoms with E-state index in [2.05, 4.69) is 5.32 Å². The Hall–Kier alpha value is -3.07. The summed E-state index contributed by atoms with van der Waals surface area (Å²) in [5.74, 6) is -0.887. The van der Waals surface area contributed by atoms with Crippen molar-refractivity contribution in [1.29, 1.82) is 0 Å². The maximum Gasteiger partial charge on any atom is 0.264 e. The molecule has 0 unspecified atom stereocenters. The van der Waals surface area contributed by atoms with Gasteiger partial charge in [0.1, 0.15) is 12.6 Å². The number of carbonyl (C=O) groups excluding carboxylic acids is 2. The number of rotatable bonds is 11. The minimum Gasteiger partial charge on any atom is -0.352 e. The number of anilines is 1. The molecule has 2 atom stereocenters. The first-order chi connectivity index (χ1) is 18.8. The van der Waals surface area contributed by atoms with Crippen LogP contribution in [0.2, 0.25) is 10.0 Å². The van der Waals surface area contributed by atoms with Crippen molar-refractivity contribution in [3.8, 4) is 0 Å². The van der Waals surface area contributed by atoms with Crippen LogP contribution in [0, 0.1) is 13.8 Å². The highest BCUT2D eigenvalue weighted by molar-refractivity contribution is 7.92. The van der Waals surface area contributed by atoms with Gasteiger partial charge in [0, 0.05) is 12.6 Å². The largest absolute Gasteiger partial charge is 0.352 e. The fourth-order valence-corrected chi connectivity index (χ4v) is 5.76. The zero-order valence-corrected chi connectivity index (χ0v) is 25.6. The van der Waals surface area contributed by atoms with Crippen molar-refractivity contribution in [3.63, 3.8) is 0 Å². The van der Waals surface area contributed by atoms with Crippen LogP contribution in [-0.4, -0.2) is 43.8 Å². The number of carbonyl (C=O) groups is 2. The first kappa shape index (κ1) is 31.5. The molecule has 0 saturated carbocycles. The van der Waals surface area contributed by atoms with E-state index in [1.54, 1.807) is 55.5 Å². The highest BCUT2D eigenvalue weighted by atomic mass is 35.5. The van der Waals surface area contributed by atoms with E-state index >= 15 is 0 Å². The van der Waals surface area contributed by atoms with Crippen molar-refractivity contribution in [1.82, 2.24) is 10.2 Å². The van der Waals surface area contributed by atoms with Crippen molar-refractivity contribution in [2.75, 3.05) is 10.8 Å². The second kappa shape index (κ2) is 13.5. The van der Waals surface area contributed by atoms with Crippen molar-refractivity contribution in [3.05, 3.63) is 93.5 Å². The van der Waals surface area contributed by atoms with Crippen LogP contribution >= 0.6 is 23.2 Å². The lowest BCUT2D eigenvalue weighted by Crippen LogP contribution is -2.52. The normalized spacial score (nSPS) is 12.9. The molecule has 0 saturated heterocycles. The summed E-state index contributed by atoms with van der Waals surface area (Å²) < 4.78 is 28.8. The summed E-state index contributed by atoms with van der Waals surface area (Å²) in [6.45, 7) is 8.77. The molecule has 0 aliphatic heterocycles. The van der Waals surface area contributed by atoms with Gasteiger partial charge in [0.15, 0.2) is 0 Å². The molecule has 1 N–H and O–H groups in total. The molecule has 214 valence electrons. The van der Waals surface area contributed by atoms with Gasteiger partial charge in [-0.2, -0.15) is 0 Å². The molecule has 40 heavy (non-hydrogen) atoms. The SMILES string of the molecule is CC[C@H](C)NC(=O)[C@@H](C)N(Cc1ccc(Cl)c(Cl)c1)C(=O)CN(c1ccc(C)c(C)c1)S(=O)(=O)c1ccccc1. The van der Waals surface area contributed by atoms with Crippen LogP contribution in [0.15, 0.2) is 71.6 Å². The van der Waals surface area contributed by atoms with Crippen molar-refractivity contribution in [2.24, 2.45) is 0 Å². The van der Waals surface area contributed by atoms with Gasteiger partial charge in [0.25, 0.3) is 10.0 Å². The highest BCUT2D eigenvalue weighted by Crippen LogP contribution is 2.27. The molecule has 3 rings (SSSR count). The molecule has 2 amide bonds. The first-order valence-electron chi connectivity index (χ1n) is 13.0. The van der Waals surface area contributed by atoms with E-state index in [1.807, 2.05) is 33.8 Å². The highest BCUT2D eigenvalue weighted by Gasteiger charge is 2.33. The third-order valence-corrected chi connectivity index (χ3v) is 9.42. The lowest BCUT2D eigenvalue weighted by Gasteiger charge is -2.32. The van der Waals surface area contributed by atoms with Crippen LogP contribution in [0.3, 0.4) is 0 Å². The number of sulfonamides is 1. The Morgan fingerprint density at radius 1 is 0.900 bits per heavy atom. The Kier molecular flexibility index (Phi) is 10.6. The minimum absolute atomic E-state index is 0.0248. The van der Waals surface area contributed by atoms with Gasteiger partial charge in [-0.05, 0) is 87.2 Å². The number of hydrogen-bond donors (Lipinski definition) is 1. The average Bonchev–Trinajstić information content (AvgIpc) is 2.93. The van der Waals surface area contributed by atoms with Gasteiger partial charge < -0.3 is 10.2 Å². The predicted octanol–water partition coefficient (Wildman–Crippen LogP) is 6.14. The van der Waals surface area contributed by atoms with Crippen LogP contribution in [0.5, 0.6) is 0 Å². The van der Waals surface area contributed by atoms with Crippen LogP contribution in [0.1, 0.15) is 43.9 Å². The summed E-state index contributed by atoms with van der Waals surface area (Å²) in [6, 6.07) is 17.2. The van der Waals surface area contributed by atoms with Crippen molar-refractivity contribution >= 4 is 50.7 Å². The number of benzene rings is 3. The van der Waals surface area contributed by atoms with E-state index < -0.39 is 28.5 Å². The molecule has 0 bridgehead atoms. The van der Waals surface area contributed by atoms with Gasteiger partial charge >= 0.3 is 0 Å². The van der Waals surface area contributed by atoms with Gasteiger partial charge in [-0.1, -0.05) is 60.5 Å². The van der Waals surface area contributed by atoms with E-state index in [9.17, 15) is 18.0 Å². The maximum absolute atomic E-state index is 14.0. The molecule has 3 aromatic carbocycles. The summed E-state index contributed by atoms with van der Waals surface area (Å²) in [5.41, 5.74) is 2.87. The zero-order chi connectivity index (χ0) is 29.6. The van der Waals surface area contributed by atoms with Crippen molar-refractivity contribution < 1.29 is 18.0 Å². The molecule has 0 fully saturated rings. The standard InChI is InChI=1S/C30H35Cl2N3O4S/c1-6-22(4)33-30(37)23(5)34(18-24-13-15-27(31)28(32)17-24)29(36)19-35(25-14-12-20(2)21(3)16-25)40(38,39)26-10-8-7-9-11-26/h7-17,22-23H,6,18-19H2,1-5H3,(H,33,37)/t22-,23+/m0/s1. The van der Waals surface area contributed by atoms with E-state index in [1.165, 1.54) is 17.0 Å². The van der Waals surface area contributed by atoms with Gasteiger partial charge in [0.2, 0.25) is 11.8 Å².